The summed E-state index contributed by atoms with van der Waals surface area (Å²) in [4.78, 5) is 19.1. The van der Waals surface area contributed by atoms with E-state index in [1.165, 1.54) is 12.8 Å². The first kappa shape index (κ1) is 12.0. The molecule has 0 radical (unpaired) electrons. The quantitative estimate of drug-likeness (QED) is 0.749. The lowest BCUT2D eigenvalue weighted by molar-refractivity contribution is -0.126. The minimum Gasteiger partial charge on any atom is -0.341 e. The Morgan fingerprint density at radius 1 is 1.39 bits per heavy atom. The molecule has 3 heterocycles. The molecule has 18 heavy (non-hydrogen) atoms. The van der Waals surface area contributed by atoms with Crippen molar-refractivity contribution in [3.05, 3.63) is 0 Å². The zero-order chi connectivity index (χ0) is 12.8. The number of carbonyl (C=O) groups is 1. The van der Waals surface area contributed by atoms with Crippen molar-refractivity contribution >= 4 is 11.9 Å². The Morgan fingerprint density at radius 3 is 2.67 bits per heavy atom. The highest BCUT2D eigenvalue weighted by atomic mass is 16.2. The fraction of sp³-hybridized carbons (Fsp3) is 0.846. The zero-order valence-electron chi connectivity index (χ0n) is 11.2. The number of rotatable bonds is 2. The summed E-state index contributed by atoms with van der Waals surface area (Å²) >= 11 is 0. The van der Waals surface area contributed by atoms with Gasteiger partial charge in [0.05, 0.1) is 0 Å². The number of hydrogen-bond acceptors (Lipinski definition) is 3. The van der Waals surface area contributed by atoms with Gasteiger partial charge in [0.25, 0.3) is 5.91 Å². The van der Waals surface area contributed by atoms with Gasteiger partial charge in [0, 0.05) is 18.6 Å². The molecule has 2 N–H and O–H groups in total. The molecule has 1 spiro atoms. The van der Waals surface area contributed by atoms with E-state index in [2.05, 4.69) is 34.5 Å². The zero-order valence-corrected chi connectivity index (χ0v) is 11.2. The van der Waals surface area contributed by atoms with Crippen LogP contribution in [0.15, 0.2) is 4.99 Å². The van der Waals surface area contributed by atoms with E-state index in [0.29, 0.717) is 18.0 Å². The van der Waals surface area contributed by atoms with Crippen molar-refractivity contribution < 1.29 is 4.79 Å². The van der Waals surface area contributed by atoms with Gasteiger partial charge < -0.3 is 10.2 Å². The van der Waals surface area contributed by atoms with Crippen LogP contribution in [0, 0.1) is 0 Å². The highest BCUT2D eigenvalue weighted by Gasteiger charge is 2.54. The molecule has 3 aliphatic heterocycles. The number of piperidine rings is 1. The summed E-state index contributed by atoms with van der Waals surface area (Å²) in [6.07, 6.45) is 5.27. The molecule has 1 amide bonds. The monoisotopic (exact) mass is 250 g/mol. The van der Waals surface area contributed by atoms with E-state index in [1.54, 1.807) is 0 Å². The maximum Gasteiger partial charge on any atom is 0.252 e. The van der Waals surface area contributed by atoms with E-state index in [9.17, 15) is 4.79 Å². The molecular weight excluding hydrogens is 228 g/mol. The molecule has 0 aliphatic carbocycles. The van der Waals surface area contributed by atoms with Crippen LogP contribution in [-0.2, 0) is 4.79 Å². The molecule has 3 aliphatic rings. The summed E-state index contributed by atoms with van der Waals surface area (Å²) in [7, 11) is 2.19. The number of nitrogens with one attached hydrogen (secondary N) is 2. The predicted molar refractivity (Wildman–Crippen MR) is 70.4 cm³/mol. The summed E-state index contributed by atoms with van der Waals surface area (Å²) in [5, 5.41) is 6.29. The van der Waals surface area contributed by atoms with Gasteiger partial charge in [0.2, 0.25) is 0 Å². The van der Waals surface area contributed by atoms with Crippen LogP contribution in [0.3, 0.4) is 0 Å². The van der Waals surface area contributed by atoms with Gasteiger partial charge in [-0.05, 0) is 39.2 Å². The average molecular weight is 250 g/mol. The standard InChI is InChI=1S/C13H22N4O/c1-3-6-14-12-15-11(18)13(16-12)7-9-4-5-10(8-13)17(9)2/h9-10H,3-8H2,1-2H3,(H2,14,15,16,18). The fourth-order valence-corrected chi connectivity index (χ4v) is 3.60. The number of hydrogen-bond donors (Lipinski definition) is 2. The number of amides is 1. The third kappa shape index (κ3) is 1.72. The summed E-state index contributed by atoms with van der Waals surface area (Å²) in [6, 6.07) is 1.10. The lowest BCUT2D eigenvalue weighted by atomic mass is 9.83. The number of aliphatic imine (C=N–C) groups is 1. The third-order valence-electron chi connectivity index (χ3n) is 4.67. The van der Waals surface area contributed by atoms with Crippen molar-refractivity contribution in [1.29, 1.82) is 0 Å². The Kier molecular flexibility index (Phi) is 2.81. The molecular formula is C13H22N4O. The number of nitrogens with zero attached hydrogens (tertiary/aromatic N) is 2. The van der Waals surface area contributed by atoms with Crippen molar-refractivity contribution in [2.45, 2.75) is 56.7 Å². The molecule has 2 atom stereocenters. The molecule has 0 aromatic rings. The lowest BCUT2D eigenvalue weighted by Gasteiger charge is -2.41. The first-order valence-electron chi connectivity index (χ1n) is 7.00. The molecule has 3 fully saturated rings. The van der Waals surface area contributed by atoms with Gasteiger partial charge in [-0.2, -0.15) is 0 Å². The molecule has 2 unspecified atom stereocenters. The van der Waals surface area contributed by atoms with Crippen LogP contribution in [0.2, 0.25) is 0 Å². The van der Waals surface area contributed by atoms with Gasteiger partial charge in [-0.1, -0.05) is 6.92 Å². The Balaban J connectivity index is 1.78. The van der Waals surface area contributed by atoms with Crippen molar-refractivity contribution in [1.82, 2.24) is 15.5 Å². The van der Waals surface area contributed by atoms with Gasteiger partial charge in [0.15, 0.2) is 5.96 Å². The first-order chi connectivity index (χ1) is 8.64. The van der Waals surface area contributed by atoms with Gasteiger partial charge in [-0.15, -0.1) is 0 Å². The molecule has 3 rings (SSSR count). The smallest absolute Gasteiger partial charge is 0.252 e. The maximum absolute atomic E-state index is 12.3. The van der Waals surface area contributed by atoms with Crippen LogP contribution in [0.25, 0.3) is 0 Å². The van der Waals surface area contributed by atoms with Crippen LogP contribution in [0.5, 0.6) is 0 Å². The van der Waals surface area contributed by atoms with Crippen LogP contribution in [0.4, 0.5) is 0 Å². The van der Waals surface area contributed by atoms with Gasteiger partial charge in [0.1, 0.15) is 5.54 Å². The second-order valence-corrected chi connectivity index (χ2v) is 5.85. The van der Waals surface area contributed by atoms with Crippen molar-refractivity contribution in [2.75, 3.05) is 13.6 Å². The topological polar surface area (TPSA) is 56.7 Å². The van der Waals surface area contributed by atoms with Crippen LogP contribution in [-0.4, -0.2) is 48.0 Å². The van der Waals surface area contributed by atoms with E-state index >= 15 is 0 Å². The predicted octanol–water partition coefficient (Wildman–Crippen LogP) is 0.467. The Hall–Kier alpha value is -1.10. The molecule has 3 saturated heterocycles. The highest BCUT2D eigenvalue weighted by molar-refractivity contribution is 6.09. The van der Waals surface area contributed by atoms with Gasteiger partial charge in [-0.25, -0.2) is 0 Å². The molecule has 2 bridgehead atoms. The van der Waals surface area contributed by atoms with E-state index in [4.69, 9.17) is 0 Å². The number of fused-ring (bicyclic) bond motifs is 2. The molecule has 0 aromatic carbocycles. The Bertz CT molecular complexity index is 378. The second-order valence-electron chi connectivity index (χ2n) is 5.85. The summed E-state index contributed by atoms with van der Waals surface area (Å²) in [5.74, 6) is 0.813. The van der Waals surface area contributed by atoms with E-state index in [0.717, 1.165) is 25.8 Å². The average Bonchev–Trinajstić information content (AvgIpc) is 2.73. The minimum atomic E-state index is -0.384. The van der Waals surface area contributed by atoms with E-state index < -0.39 is 0 Å². The normalized spacial score (nSPS) is 41.4. The Labute approximate surface area is 108 Å². The number of guanidine groups is 1. The lowest BCUT2D eigenvalue weighted by Crippen LogP contribution is -2.58. The fourth-order valence-electron chi connectivity index (χ4n) is 3.60. The van der Waals surface area contributed by atoms with Crippen LogP contribution < -0.4 is 10.6 Å². The molecule has 0 aromatic heterocycles. The Morgan fingerprint density at radius 2 is 2.06 bits per heavy atom. The second kappa shape index (κ2) is 4.23. The largest absolute Gasteiger partial charge is 0.341 e. The van der Waals surface area contributed by atoms with Gasteiger partial charge in [-0.3, -0.25) is 15.1 Å². The van der Waals surface area contributed by atoms with Crippen LogP contribution in [0.1, 0.15) is 39.0 Å². The maximum atomic E-state index is 12.3. The molecule has 5 heteroatoms. The van der Waals surface area contributed by atoms with Crippen molar-refractivity contribution in [3.63, 3.8) is 0 Å². The third-order valence-corrected chi connectivity index (χ3v) is 4.67. The summed E-state index contributed by atoms with van der Waals surface area (Å²) < 4.78 is 0. The molecule has 0 saturated carbocycles. The van der Waals surface area contributed by atoms with E-state index in [1.807, 2.05) is 0 Å². The highest BCUT2D eigenvalue weighted by Crippen LogP contribution is 2.40. The first-order valence-corrected chi connectivity index (χ1v) is 7.00. The minimum absolute atomic E-state index is 0.127. The number of carbonyl (C=O) groups excluding carboxylic acids is 1. The van der Waals surface area contributed by atoms with E-state index in [-0.39, 0.29) is 11.4 Å². The van der Waals surface area contributed by atoms with Crippen LogP contribution >= 0.6 is 0 Å². The SMILES string of the molecule is CCCN=C1NC(=O)C2(CC3CCC(C2)N3C)N1. The summed E-state index contributed by atoms with van der Waals surface area (Å²) in [5.41, 5.74) is -0.384. The van der Waals surface area contributed by atoms with Crippen molar-refractivity contribution in [3.8, 4) is 0 Å². The molecule has 5 nitrogen and oxygen atoms in total. The summed E-state index contributed by atoms with van der Waals surface area (Å²) in [6.45, 7) is 2.86. The van der Waals surface area contributed by atoms with Crippen molar-refractivity contribution in [2.24, 2.45) is 4.99 Å². The van der Waals surface area contributed by atoms with Gasteiger partial charge >= 0.3 is 0 Å². The molecule has 100 valence electrons.